The maximum Gasteiger partial charge on any atom is 0.315 e. The molecule has 0 radical (unpaired) electrons. The third-order valence-electron chi connectivity index (χ3n) is 2.80. The highest BCUT2D eigenvalue weighted by atomic mass is 16.2. The highest BCUT2D eigenvalue weighted by Gasteiger charge is 2.00. The highest BCUT2D eigenvalue weighted by Crippen LogP contribution is 2.08. The lowest BCUT2D eigenvalue weighted by Gasteiger charge is -2.08. The predicted octanol–water partition coefficient (Wildman–Crippen LogP) is 3.29. The third-order valence-corrected chi connectivity index (χ3v) is 2.80. The van der Waals surface area contributed by atoms with Crippen LogP contribution in [0.4, 0.5) is 4.79 Å². The summed E-state index contributed by atoms with van der Waals surface area (Å²) in [5, 5.41) is 5.75. The Morgan fingerprint density at radius 1 is 1.06 bits per heavy atom. The monoisotopic (exact) mass is 248 g/mol. The smallest absolute Gasteiger partial charge is 0.315 e. The Morgan fingerprint density at radius 3 is 2.33 bits per heavy atom. The fraction of sp³-hybridized carbons (Fsp3) is 0.533. The number of amides is 2. The fourth-order valence-electron chi connectivity index (χ4n) is 1.99. The largest absolute Gasteiger partial charge is 0.338 e. The van der Waals surface area contributed by atoms with E-state index in [0.717, 1.165) is 24.9 Å². The van der Waals surface area contributed by atoms with Gasteiger partial charge < -0.3 is 10.6 Å². The maximum absolute atomic E-state index is 11.5. The first kappa shape index (κ1) is 14.6. The average molecular weight is 248 g/mol. The fourth-order valence-corrected chi connectivity index (χ4v) is 1.99. The molecule has 1 rings (SSSR count). The molecule has 0 fully saturated rings. The van der Waals surface area contributed by atoms with E-state index >= 15 is 0 Å². The lowest BCUT2D eigenvalue weighted by atomic mass is 10.1. The van der Waals surface area contributed by atoms with Crippen LogP contribution in [0.1, 0.15) is 42.9 Å². The molecule has 0 atom stereocenters. The molecule has 0 bridgehead atoms. The van der Waals surface area contributed by atoms with Gasteiger partial charge in [-0.2, -0.15) is 0 Å². The molecule has 0 aliphatic heterocycles. The van der Waals surface area contributed by atoms with Gasteiger partial charge in [-0.3, -0.25) is 0 Å². The summed E-state index contributed by atoms with van der Waals surface area (Å²) in [6.07, 6.45) is 3.39. The van der Waals surface area contributed by atoms with Crippen molar-refractivity contribution in [3.8, 4) is 0 Å². The van der Waals surface area contributed by atoms with E-state index in [4.69, 9.17) is 0 Å². The number of rotatable bonds is 6. The number of hydrogen-bond acceptors (Lipinski definition) is 1. The molecule has 0 unspecified atom stereocenters. The van der Waals surface area contributed by atoms with Gasteiger partial charge in [-0.25, -0.2) is 4.79 Å². The molecule has 3 heteroatoms. The van der Waals surface area contributed by atoms with Crippen molar-refractivity contribution in [2.45, 2.75) is 46.6 Å². The minimum Gasteiger partial charge on any atom is -0.338 e. The van der Waals surface area contributed by atoms with Gasteiger partial charge in [0.2, 0.25) is 0 Å². The Kier molecular flexibility index (Phi) is 6.26. The highest BCUT2D eigenvalue weighted by molar-refractivity contribution is 5.73. The number of urea groups is 1. The second-order valence-electron chi connectivity index (χ2n) is 4.81. The third kappa shape index (κ3) is 5.71. The first-order valence-corrected chi connectivity index (χ1v) is 6.70. The van der Waals surface area contributed by atoms with E-state index < -0.39 is 0 Å². The zero-order chi connectivity index (χ0) is 13.4. The van der Waals surface area contributed by atoms with Crippen LogP contribution in [0.3, 0.4) is 0 Å². The van der Waals surface area contributed by atoms with Gasteiger partial charge in [-0.15, -0.1) is 0 Å². The summed E-state index contributed by atoms with van der Waals surface area (Å²) in [4.78, 5) is 11.5. The maximum atomic E-state index is 11.5. The number of unbranched alkanes of at least 4 members (excludes halogenated alkanes) is 2. The van der Waals surface area contributed by atoms with Crippen LogP contribution in [-0.4, -0.2) is 12.6 Å². The van der Waals surface area contributed by atoms with Gasteiger partial charge in [0.05, 0.1) is 0 Å². The van der Waals surface area contributed by atoms with Gasteiger partial charge in [0.15, 0.2) is 0 Å². The molecule has 0 aromatic heterocycles. The molecule has 0 heterocycles. The van der Waals surface area contributed by atoms with Gasteiger partial charge in [0.25, 0.3) is 0 Å². The summed E-state index contributed by atoms with van der Waals surface area (Å²) < 4.78 is 0. The van der Waals surface area contributed by atoms with Gasteiger partial charge in [0.1, 0.15) is 0 Å². The van der Waals surface area contributed by atoms with E-state index in [9.17, 15) is 4.79 Å². The molecule has 1 aromatic rings. The van der Waals surface area contributed by atoms with Crippen molar-refractivity contribution < 1.29 is 4.79 Å². The SMILES string of the molecule is CCCCCNC(=O)NCc1cc(C)cc(C)c1. The number of nitrogens with one attached hydrogen (secondary N) is 2. The van der Waals surface area contributed by atoms with Crippen molar-refractivity contribution >= 4 is 6.03 Å². The minimum atomic E-state index is -0.0785. The summed E-state index contributed by atoms with van der Waals surface area (Å²) >= 11 is 0. The number of carbonyl (C=O) groups is 1. The first-order valence-electron chi connectivity index (χ1n) is 6.70. The standard InChI is InChI=1S/C15H24N2O/c1-4-5-6-7-16-15(18)17-11-14-9-12(2)8-13(3)10-14/h8-10H,4-7,11H2,1-3H3,(H2,16,17,18). The summed E-state index contributed by atoms with van der Waals surface area (Å²) in [6, 6.07) is 6.26. The Bertz CT molecular complexity index is 368. The van der Waals surface area contributed by atoms with Gasteiger partial charge in [0, 0.05) is 13.1 Å². The van der Waals surface area contributed by atoms with E-state index in [2.05, 4.69) is 49.6 Å². The van der Waals surface area contributed by atoms with Crippen molar-refractivity contribution in [1.82, 2.24) is 10.6 Å². The van der Waals surface area contributed by atoms with Crippen molar-refractivity contribution in [2.75, 3.05) is 6.54 Å². The van der Waals surface area contributed by atoms with E-state index in [1.54, 1.807) is 0 Å². The van der Waals surface area contributed by atoms with Crippen LogP contribution in [0.5, 0.6) is 0 Å². The lowest BCUT2D eigenvalue weighted by molar-refractivity contribution is 0.240. The molecule has 0 aliphatic rings. The molecule has 0 saturated carbocycles. The number of benzene rings is 1. The molecule has 1 aromatic carbocycles. The first-order chi connectivity index (χ1) is 8.61. The molecule has 2 amide bonds. The van der Waals surface area contributed by atoms with E-state index in [1.165, 1.54) is 17.5 Å². The Hall–Kier alpha value is -1.51. The summed E-state index contributed by atoms with van der Waals surface area (Å²) in [5.41, 5.74) is 3.61. The second-order valence-corrected chi connectivity index (χ2v) is 4.81. The molecular formula is C15H24N2O. The van der Waals surface area contributed by atoms with Crippen LogP contribution in [0.15, 0.2) is 18.2 Å². The Balaban J connectivity index is 2.29. The zero-order valence-corrected chi connectivity index (χ0v) is 11.7. The van der Waals surface area contributed by atoms with Crippen molar-refractivity contribution in [1.29, 1.82) is 0 Å². The topological polar surface area (TPSA) is 41.1 Å². The number of aryl methyl sites for hydroxylation is 2. The van der Waals surface area contributed by atoms with Crippen LogP contribution in [0.25, 0.3) is 0 Å². The zero-order valence-electron chi connectivity index (χ0n) is 11.7. The van der Waals surface area contributed by atoms with E-state index in [1.807, 2.05) is 0 Å². The number of hydrogen-bond donors (Lipinski definition) is 2. The Morgan fingerprint density at radius 2 is 1.72 bits per heavy atom. The number of carbonyl (C=O) groups excluding carboxylic acids is 1. The van der Waals surface area contributed by atoms with Crippen molar-refractivity contribution in [3.05, 3.63) is 34.9 Å². The van der Waals surface area contributed by atoms with Crippen molar-refractivity contribution in [3.63, 3.8) is 0 Å². The molecule has 3 nitrogen and oxygen atoms in total. The molecule has 0 saturated heterocycles. The normalized spacial score (nSPS) is 10.2. The summed E-state index contributed by atoms with van der Waals surface area (Å²) in [6.45, 7) is 7.64. The molecule has 0 spiro atoms. The van der Waals surface area contributed by atoms with Gasteiger partial charge in [-0.1, -0.05) is 49.1 Å². The quantitative estimate of drug-likeness (QED) is 0.745. The lowest BCUT2D eigenvalue weighted by Crippen LogP contribution is -2.35. The van der Waals surface area contributed by atoms with Crippen LogP contribution in [0, 0.1) is 13.8 Å². The van der Waals surface area contributed by atoms with Crippen LogP contribution < -0.4 is 10.6 Å². The van der Waals surface area contributed by atoms with Crippen LogP contribution >= 0.6 is 0 Å². The molecular weight excluding hydrogens is 224 g/mol. The minimum absolute atomic E-state index is 0.0785. The van der Waals surface area contributed by atoms with E-state index in [0.29, 0.717) is 6.54 Å². The van der Waals surface area contributed by atoms with E-state index in [-0.39, 0.29) is 6.03 Å². The van der Waals surface area contributed by atoms with Crippen molar-refractivity contribution in [2.24, 2.45) is 0 Å². The summed E-state index contributed by atoms with van der Waals surface area (Å²) in [5.74, 6) is 0. The average Bonchev–Trinajstić information content (AvgIpc) is 2.31. The molecule has 2 N–H and O–H groups in total. The Labute approximate surface area is 110 Å². The van der Waals surface area contributed by atoms with Crippen LogP contribution in [-0.2, 0) is 6.54 Å². The van der Waals surface area contributed by atoms with Crippen LogP contribution in [0.2, 0.25) is 0 Å². The molecule has 18 heavy (non-hydrogen) atoms. The summed E-state index contributed by atoms with van der Waals surface area (Å²) in [7, 11) is 0. The molecule has 0 aliphatic carbocycles. The second kappa shape index (κ2) is 7.75. The molecule has 100 valence electrons. The van der Waals surface area contributed by atoms with Gasteiger partial charge in [-0.05, 0) is 25.8 Å². The predicted molar refractivity (Wildman–Crippen MR) is 75.7 cm³/mol. The van der Waals surface area contributed by atoms with Gasteiger partial charge >= 0.3 is 6.03 Å².